The molecule has 1 aliphatic rings. The Morgan fingerprint density at radius 3 is 2.74 bits per heavy atom. The summed E-state index contributed by atoms with van der Waals surface area (Å²) in [6, 6.07) is 20.9. The Balaban J connectivity index is 1.36. The molecule has 1 saturated heterocycles. The Morgan fingerprint density at radius 2 is 1.90 bits per heavy atom. The second-order valence-electron chi connectivity index (χ2n) is 7.49. The second kappa shape index (κ2) is 8.10. The predicted molar refractivity (Wildman–Crippen MR) is 118 cm³/mol. The number of anilines is 1. The molecule has 3 aromatic carbocycles. The van der Waals surface area contributed by atoms with Gasteiger partial charge < -0.3 is 19.5 Å². The highest BCUT2D eigenvalue weighted by Gasteiger charge is 2.34. The fraction of sp³-hybridized carbons (Fsp3) is 0.208. The maximum atomic E-state index is 13.1. The Bertz CT molecular complexity index is 1210. The number of carbonyl (C=O) groups excluding carboxylic acids is 1. The van der Waals surface area contributed by atoms with Gasteiger partial charge >= 0.3 is 6.03 Å². The number of hydrogen-bond acceptors (Lipinski definition) is 5. The van der Waals surface area contributed by atoms with Crippen LogP contribution >= 0.6 is 0 Å². The lowest BCUT2D eigenvalue weighted by atomic mass is 10.1. The third-order valence-electron chi connectivity index (χ3n) is 5.62. The van der Waals surface area contributed by atoms with Crippen LogP contribution in [0.25, 0.3) is 22.2 Å². The molecule has 31 heavy (non-hydrogen) atoms. The molecular formula is C24H22N4O3. The van der Waals surface area contributed by atoms with E-state index in [1.807, 2.05) is 66.7 Å². The van der Waals surface area contributed by atoms with Crippen LogP contribution < -0.4 is 10.1 Å². The highest BCUT2D eigenvalue weighted by molar-refractivity contribution is 6.01. The number of likely N-dealkylation sites (tertiary alicyclic amines) is 1. The van der Waals surface area contributed by atoms with Gasteiger partial charge in [0.1, 0.15) is 11.8 Å². The van der Waals surface area contributed by atoms with Gasteiger partial charge in [0.2, 0.25) is 11.7 Å². The first-order valence-electron chi connectivity index (χ1n) is 10.3. The van der Waals surface area contributed by atoms with E-state index in [0.717, 1.165) is 40.6 Å². The highest BCUT2D eigenvalue weighted by atomic mass is 16.5. The lowest BCUT2D eigenvalue weighted by Gasteiger charge is -2.22. The number of ether oxygens (including phenoxy) is 1. The van der Waals surface area contributed by atoms with E-state index in [9.17, 15) is 4.79 Å². The van der Waals surface area contributed by atoms with Crippen LogP contribution in [0, 0.1) is 0 Å². The fourth-order valence-corrected chi connectivity index (χ4v) is 4.02. The van der Waals surface area contributed by atoms with Gasteiger partial charge in [0.25, 0.3) is 0 Å². The first-order chi connectivity index (χ1) is 15.2. The summed E-state index contributed by atoms with van der Waals surface area (Å²) in [6.45, 7) is 0.640. The molecule has 4 aromatic rings. The zero-order valence-electron chi connectivity index (χ0n) is 17.1. The Kier molecular flexibility index (Phi) is 5.00. The summed E-state index contributed by atoms with van der Waals surface area (Å²) in [7, 11) is 1.62. The molecule has 1 unspecified atom stereocenters. The molecule has 5 rings (SSSR count). The monoisotopic (exact) mass is 414 g/mol. The maximum absolute atomic E-state index is 13.1. The van der Waals surface area contributed by atoms with Gasteiger partial charge in [-0.2, -0.15) is 4.98 Å². The van der Waals surface area contributed by atoms with Gasteiger partial charge in [-0.05, 0) is 48.6 Å². The molecule has 0 radical (unpaired) electrons. The van der Waals surface area contributed by atoms with Gasteiger partial charge in [0, 0.05) is 17.5 Å². The summed E-state index contributed by atoms with van der Waals surface area (Å²) < 4.78 is 10.7. The van der Waals surface area contributed by atoms with Crippen LogP contribution in [0.15, 0.2) is 71.3 Å². The van der Waals surface area contributed by atoms with Crippen LogP contribution in [-0.2, 0) is 0 Å². The lowest BCUT2D eigenvalue weighted by molar-refractivity contribution is 0.193. The minimum Gasteiger partial charge on any atom is -0.497 e. The van der Waals surface area contributed by atoms with Gasteiger partial charge in [0.15, 0.2) is 0 Å². The van der Waals surface area contributed by atoms with Gasteiger partial charge in [-0.25, -0.2) is 4.79 Å². The average molecular weight is 414 g/mol. The van der Waals surface area contributed by atoms with Crippen molar-refractivity contribution in [2.75, 3.05) is 19.0 Å². The first kappa shape index (κ1) is 19.1. The lowest BCUT2D eigenvalue weighted by Crippen LogP contribution is -2.34. The second-order valence-corrected chi connectivity index (χ2v) is 7.49. The Labute approximate surface area is 179 Å². The van der Waals surface area contributed by atoms with Crippen molar-refractivity contribution in [3.8, 4) is 17.1 Å². The van der Waals surface area contributed by atoms with Gasteiger partial charge in [-0.3, -0.25) is 0 Å². The van der Waals surface area contributed by atoms with Crippen LogP contribution in [0.4, 0.5) is 10.5 Å². The molecule has 1 aromatic heterocycles. The minimum absolute atomic E-state index is 0.164. The smallest absolute Gasteiger partial charge is 0.322 e. The summed E-state index contributed by atoms with van der Waals surface area (Å²) >= 11 is 0. The number of fused-ring (bicyclic) bond motifs is 1. The van der Waals surface area contributed by atoms with Crippen molar-refractivity contribution >= 4 is 22.5 Å². The standard InChI is InChI=1S/C24H22N4O3/c1-30-18-13-11-17(12-14-18)22-26-23(31-27-22)21-10-5-15-28(21)24(29)25-20-9-4-7-16-6-2-3-8-19(16)20/h2-4,6-9,11-14,21H,5,10,15H2,1H3,(H,25,29). The van der Waals surface area contributed by atoms with E-state index in [-0.39, 0.29) is 12.1 Å². The van der Waals surface area contributed by atoms with Crippen LogP contribution in [0.5, 0.6) is 5.75 Å². The minimum atomic E-state index is -0.241. The molecule has 0 saturated carbocycles. The first-order valence-corrected chi connectivity index (χ1v) is 10.3. The number of aromatic nitrogens is 2. The summed E-state index contributed by atoms with van der Waals surface area (Å²) in [5, 5.41) is 9.27. The van der Waals surface area contributed by atoms with E-state index in [1.165, 1.54) is 0 Å². The number of carbonyl (C=O) groups is 1. The molecule has 1 aliphatic heterocycles. The van der Waals surface area contributed by atoms with E-state index >= 15 is 0 Å². The van der Waals surface area contributed by atoms with E-state index < -0.39 is 0 Å². The summed E-state index contributed by atoms with van der Waals surface area (Å²) in [6.07, 6.45) is 1.67. The van der Waals surface area contributed by atoms with E-state index in [0.29, 0.717) is 18.3 Å². The van der Waals surface area contributed by atoms with Crippen molar-refractivity contribution in [2.45, 2.75) is 18.9 Å². The van der Waals surface area contributed by atoms with Crippen molar-refractivity contribution < 1.29 is 14.1 Å². The highest BCUT2D eigenvalue weighted by Crippen LogP contribution is 2.33. The zero-order valence-corrected chi connectivity index (χ0v) is 17.1. The summed E-state index contributed by atoms with van der Waals surface area (Å²) in [4.78, 5) is 19.4. The molecule has 1 N–H and O–H groups in total. The fourth-order valence-electron chi connectivity index (χ4n) is 4.02. The average Bonchev–Trinajstić information content (AvgIpc) is 3.49. The maximum Gasteiger partial charge on any atom is 0.322 e. The van der Waals surface area contributed by atoms with Crippen molar-refractivity contribution in [3.05, 3.63) is 72.6 Å². The molecule has 1 fully saturated rings. The number of nitrogens with one attached hydrogen (secondary N) is 1. The van der Waals surface area contributed by atoms with Crippen molar-refractivity contribution in [2.24, 2.45) is 0 Å². The van der Waals surface area contributed by atoms with Crippen LogP contribution in [0.2, 0.25) is 0 Å². The summed E-state index contributed by atoms with van der Waals surface area (Å²) in [5.41, 5.74) is 1.62. The number of amides is 2. The summed E-state index contributed by atoms with van der Waals surface area (Å²) in [5.74, 6) is 1.72. The predicted octanol–water partition coefficient (Wildman–Crippen LogP) is 5.27. The van der Waals surface area contributed by atoms with Crippen molar-refractivity contribution in [1.82, 2.24) is 15.0 Å². The molecule has 0 aliphatic carbocycles. The molecular weight excluding hydrogens is 392 g/mol. The third kappa shape index (κ3) is 3.70. The largest absolute Gasteiger partial charge is 0.497 e. The molecule has 2 amide bonds. The molecule has 0 bridgehead atoms. The van der Waals surface area contributed by atoms with Crippen molar-refractivity contribution in [1.29, 1.82) is 0 Å². The SMILES string of the molecule is COc1ccc(-c2noc(C3CCCN3C(=O)Nc3cccc4ccccc34)n2)cc1. The number of urea groups is 1. The molecule has 156 valence electrons. The normalized spacial score (nSPS) is 15.9. The number of benzene rings is 3. The molecule has 7 nitrogen and oxygen atoms in total. The van der Waals surface area contributed by atoms with E-state index in [4.69, 9.17) is 9.26 Å². The molecule has 7 heteroatoms. The van der Waals surface area contributed by atoms with E-state index in [1.54, 1.807) is 12.0 Å². The number of rotatable bonds is 4. The van der Waals surface area contributed by atoms with E-state index in [2.05, 4.69) is 15.5 Å². The molecule has 1 atom stereocenters. The van der Waals surface area contributed by atoms with Crippen LogP contribution in [0.3, 0.4) is 0 Å². The number of methoxy groups -OCH3 is 1. The zero-order chi connectivity index (χ0) is 21.2. The third-order valence-corrected chi connectivity index (χ3v) is 5.62. The topological polar surface area (TPSA) is 80.5 Å². The van der Waals surface area contributed by atoms with Gasteiger partial charge in [-0.1, -0.05) is 41.6 Å². The molecule has 0 spiro atoms. The van der Waals surface area contributed by atoms with Crippen LogP contribution in [0.1, 0.15) is 24.8 Å². The Hall–Kier alpha value is -3.87. The van der Waals surface area contributed by atoms with Crippen molar-refractivity contribution in [3.63, 3.8) is 0 Å². The molecule has 2 heterocycles. The number of hydrogen-bond donors (Lipinski definition) is 1. The quantitative estimate of drug-likeness (QED) is 0.492. The Morgan fingerprint density at radius 1 is 1.10 bits per heavy atom. The van der Waals surface area contributed by atoms with Crippen LogP contribution in [-0.4, -0.2) is 34.7 Å². The van der Waals surface area contributed by atoms with Gasteiger partial charge in [0.05, 0.1) is 12.8 Å². The van der Waals surface area contributed by atoms with Gasteiger partial charge in [-0.15, -0.1) is 0 Å². The number of nitrogens with zero attached hydrogens (tertiary/aromatic N) is 3.